The molecule has 1 aromatic rings. The van der Waals surface area contributed by atoms with Gasteiger partial charge in [0.2, 0.25) is 0 Å². The van der Waals surface area contributed by atoms with Gasteiger partial charge in [0.05, 0.1) is 12.7 Å². The number of ether oxygens (including phenoxy) is 1. The van der Waals surface area contributed by atoms with E-state index in [9.17, 15) is 14.7 Å². The summed E-state index contributed by atoms with van der Waals surface area (Å²) in [5, 5.41) is 14.4. The van der Waals surface area contributed by atoms with Crippen LogP contribution in [0.15, 0.2) is 24.3 Å². The lowest BCUT2D eigenvalue weighted by Gasteiger charge is -2.10. The van der Waals surface area contributed by atoms with Gasteiger partial charge in [-0.1, -0.05) is 12.1 Å². The van der Waals surface area contributed by atoms with E-state index in [2.05, 4.69) is 15.4 Å². The van der Waals surface area contributed by atoms with Crippen molar-refractivity contribution in [3.8, 4) is 0 Å². The third-order valence-corrected chi connectivity index (χ3v) is 2.33. The second-order valence-corrected chi connectivity index (χ2v) is 3.91. The molecule has 2 amide bonds. The Morgan fingerprint density at radius 1 is 1.42 bits per heavy atom. The van der Waals surface area contributed by atoms with E-state index in [1.807, 2.05) is 0 Å². The van der Waals surface area contributed by atoms with Crippen LogP contribution in [0, 0.1) is 0 Å². The van der Waals surface area contributed by atoms with E-state index >= 15 is 0 Å². The van der Waals surface area contributed by atoms with Crippen molar-refractivity contribution in [3.63, 3.8) is 0 Å². The molecule has 0 bridgehead atoms. The molecule has 19 heavy (non-hydrogen) atoms. The maximum Gasteiger partial charge on any atom is 0.325 e. The predicted molar refractivity (Wildman–Crippen MR) is 70.7 cm³/mol. The fourth-order valence-corrected chi connectivity index (χ4v) is 1.42. The van der Waals surface area contributed by atoms with E-state index in [0.717, 1.165) is 0 Å². The maximum absolute atomic E-state index is 11.5. The summed E-state index contributed by atoms with van der Waals surface area (Å²) in [4.78, 5) is 22.6. The first kappa shape index (κ1) is 15.0. The number of urea groups is 1. The van der Waals surface area contributed by atoms with Crippen LogP contribution < -0.4 is 10.6 Å². The van der Waals surface area contributed by atoms with Crippen molar-refractivity contribution in [2.45, 2.75) is 20.0 Å². The Balaban J connectivity index is 2.48. The van der Waals surface area contributed by atoms with Crippen molar-refractivity contribution in [1.82, 2.24) is 5.32 Å². The first-order valence-corrected chi connectivity index (χ1v) is 6.01. The largest absolute Gasteiger partial charge is 0.465 e. The van der Waals surface area contributed by atoms with Crippen LogP contribution in [0.25, 0.3) is 0 Å². The number of anilines is 1. The Morgan fingerprint density at radius 3 is 2.79 bits per heavy atom. The number of hydrogen-bond donors (Lipinski definition) is 3. The Labute approximate surface area is 111 Å². The number of nitrogens with one attached hydrogen (secondary N) is 2. The van der Waals surface area contributed by atoms with E-state index in [0.29, 0.717) is 11.3 Å². The van der Waals surface area contributed by atoms with Gasteiger partial charge in [0.25, 0.3) is 0 Å². The van der Waals surface area contributed by atoms with Crippen LogP contribution in [0.2, 0.25) is 0 Å². The predicted octanol–water partition coefficient (Wildman–Crippen LogP) is 1.42. The lowest BCUT2D eigenvalue weighted by Crippen LogP contribution is -2.34. The molecular weight excluding hydrogens is 248 g/mol. The molecule has 1 atom stereocenters. The molecule has 0 aromatic heterocycles. The van der Waals surface area contributed by atoms with Gasteiger partial charge in [0.1, 0.15) is 6.54 Å². The number of esters is 1. The Bertz CT molecular complexity index is 446. The number of benzene rings is 1. The molecule has 1 rings (SSSR count). The summed E-state index contributed by atoms with van der Waals surface area (Å²) in [5.41, 5.74) is 1.24. The number of aliphatic hydroxyl groups excluding tert-OH is 1. The summed E-state index contributed by atoms with van der Waals surface area (Å²) >= 11 is 0. The van der Waals surface area contributed by atoms with Gasteiger partial charge in [-0.2, -0.15) is 0 Å². The van der Waals surface area contributed by atoms with Crippen molar-refractivity contribution < 1.29 is 19.4 Å². The average molecular weight is 266 g/mol. The van der Waals surface area contributed by atoms with Crippen LogP contribution in [-0.4, -0.2) is 30.3 Å². The van der Waals surface area contributed by atoms with Gasteiger partial charge in [-0.25, -0.2) is 4.79 Å². The molecule has 0 aliphatic rings. The molecule has 0 saturated heterocycles. The first-order chi connectivity index (χ1) is 9.02. The highest BCUT2D eigenvalue weighted by Gasteiger charge is 2.07. The number of carbonyl (C=O) groups excluding carboxylic acids is 2. The highest BCUT2D eigenvalue weighted by molar-refractivity contribution is 5.91. The molecular formula is C13H18N2O4. The summed E-state index contributed by atoms with van der Waals surface area (Å²) in [7, 11) is 0. The molecule has 6 nitrogen and oxygen atoms in total. The Morgan fingerprint density at radius 2 is 2.16 bits per heavy atom. The normalized spacial score (nSPS) is 11.5. The van der Waals surface area contributed by atoms with Crippen LogP contribution in [0.4, 0.5) is 10.5 Å². The number of hydrogen-bond acceptors (Lipinski definition) is 4. The number of carbonyl (C=O) groups is 2. The fraction of sp³-hybridized carbons (Fsp3) is 0.385. The minimum atomic E-state index is -0.607. The van der Waals surface area contributed by atoms with Gasteiger partial charge in [0.15, 0.2) is 0 Å². The standard InChI is InChI=1S/C13H18N2O4/c1-3-19-12(17)8-14-13(18)15-11-6-4-5-10(7-11)9(2)16/h4-7,9,16H,3,8H2,1-2H3,(H2,14,15,18). The van der Waals surface area contributed by atoms with Crippen LogP contribution in [0.1, 0.15) is 25.5 Å². The van der Waals surface area contributed by atoms with Crippen molar-refractivity contribution >= 4 is 17.7 Å². The zero-order chi connectivity index (χ0) is 14.3. The third kappa shape index (κ3) is 5.39. The van der Waals surface area contributed by atoms with Gasteiger partial charge in [-0.15, -0.1) is 0 Å². The van der Waals surface area contributed by atoms with E-state index in [4.69, 9.17) is 0 Å². The zero-order valence-electron chi connectivity index (χ0n) is 11.0. The van der Waals surface area contributed by atoms with Crippen molar-refractivity contribution in [1.29, 1.82) is 0 Å². The quantitative estimate of drug-likeness (QED) is 0.703. The molecule has 0 spiro atoms. The van der Waals surface area contributed by atoms with Crippen LogP contribution in [0.3, 0.4) is 0 Å². The Kier molecular flexibility index (Phi) is 5.81. The molecule has 1 unspecified atom stereocenters. The summed E-state index contributed by atoms with van der Waals surface area (Å²) in [6.07, 6.45) is -0.607. The fourth-order valence-electron chi connectivity index (χ4n) is 1.42. The highest BCUT2D eigenvalue weighted by Crippen LogP contribution is 2.16. The molecule has 0 saturated carbocycles. The van der Waals surface area contributed by atoms with Gasteiger partial charge in [0, 0.05) is 5.69 Å². The first-order valence-electron chi connectivity index (χ1n) is 6.01. The summed E-state index contributed by atoms with van der Waals surface area (Å²) in [5.74, 6) is -0.490. The molecule has 1 aromatic carbocycles. The van der Waals surface area contributed by atoms with Crippen molar-refractivity contribution in [2.24, 2.45) is 0 Å². The number of amides is 2. The summed E-state index contributed by atoms with van der Waals surface area (Å²) in [6, 6.07) is 6.33. The molecule has 3 N–H and O–H groups in total. The van der Waals surface area contributed by atoms with Gasteiger partial charge in [-0.05, 0) is 31.5 Å². The molecule has 0 fully saturated rings. The second kappa shape index (κ2) is 7.38. The number of rotatable bonds is 5. The summed E-state index contributed by atoms with van der Waals surface area (Å²) in [6.45, 7) is 3.42. The minimum Gasteiger partial charge on any atom is -0.465 e. The van der Waals surface area contributed by atoms with Crippen LogP contribution in [-0.2, 0) is 9.53 Å². The van der Waals surface area contributed by atoms with Gasteiger partial charge >= 0.3 is 12.0 Å². The van der Waals surface area contributed by atoms with Crippen molar-refractivity contribution in [2.75, 3.05) is 18.5 Å². The van der Waals surface area contributed by atoms with E-state index < -0.39 is 18.1 Å². The molecule has 6 heteroatoms. The van der Waals surface area contributed by atoms with Crippen LogP contribution >= 0.6 is 0 Å². The molecule has 0 heterocycles. The highest BCUT2D eigenvalue weighted by atomic mass is 16.5. The summed E-state index contributed by atoms with van der Waals surface area (Å²) < 4.78 is 4.68. The third-order valence-electron chi connectivity index (χ3n) is 2.33. The zero-order valence-corrected chi connectivity index (χ0v) is 11.0. The molecule has 0 aliphatic heterocycles. The molecule has 0 radical (unpaired) electrons. The smallest absolute Gasteiger partial charge is 0.325 e. The number of aliphatic hydroxyl groups is 1. The van der Waals surface area contributed by atoms with E-state index in [1.54, 1.807) is 38.1 Å². The second-order valence-electron chi connectivity index (χ2n) is 3.91. The van der Waals surface area contributed by atoms with Gasteiger partial charge < -0.3 is 20.5 Å². The monoisotopic (exact) mass is 266 g/mol. The van der Waals surface area contributed by atoms with E-state index in [1.165, 1.54) is 0 Å². The lowest BCUT2D eigenvalue weighted by atomic mass is 10.1. The topological polar surface area (TPSA) is 87.7 Å². The average Bonchev–Trinajstić information content (AvgIpc) is 2.37. The Hall–Kier alpha value is -2.08. The maximum atomic E-state index is 11.5. The lowest BCUT2D eigenvalue weighted by molar-refractivity contribution is -0.141. The molecule has 104 valence electrons. The van der Waals surface area contributed by atoms with E-state index in [-0.39, 0.29) is 13.2 Å². The van der Waals surface area contributed by atoms with Gasteiger partial charge in [-0.3, -0.25) is 4.79 Å². The van der Waals surface area contributed by atoms with Crippen molar-refractivity contribution in [3.05, 3.63) is 29.8 Å². The minimum absolute atomic E-state index is 0.185. The molecule has 0 aliphatic carbocycles. The SMILES string of the molecule is CCOC(=O)CNC(=O)Nc1cccc(C(C)O)c1. The van der Waals surface area contributed by atoms with Crippen LogP contribution in [0.5, 0.6) is 0 Å².